The van der Waals surface area contributed by atoms with Crippen LogP contribution in [0.4, 0.5) is 18.9 Å². The third-order valence-electron chi connectivity index (χ3n) is 3.64. The van der Waals surface area contributed by atoms with Crippen LogP contribution in [0.15, 0.2) is 12.1 Å². The van der Waals surface area contributed by atoms with E-state index < -0.39 is 23.6 Å². The van der Waals surface area contributed by atoms with Gasteiger partial charge in [-0.25, -0.2) is 13.2 Å². The van der Waals surface area contributed by atoms with Crippen molar-refractivity contribution in [3.05, 3.63) is 29.6 Å². The molecule has 6 heteroatoms. The maximum Gasteiger partial charge on any atom is 0.196 e. The van der Waals surface area contributed by atoms with Crippen LogP contribution in [0.1, 0.15) is 32.1 Å². The molecule has 0 heterocycles. The van der Waals surface area contributed by atoms with Crippen molar-refractivity contribution in [2.24, 2.45) is 0 Å². The molecule has 1 aliphatic rings. The van der Waals surface area contributed by atoms with Gasteiger partial charge in [0.2, 0.25) is 0 Å². The average molecular weight is 303 g/mol. The lowest BCUT2D eigenvalue weighted by atomic mass is 9.98. The number of benzene rings is 1. The summed E-state index contributed by atoms with van der Waals surface area (Å²) in [6.07, 6.45) is 4.83. The van der Waals surface area contributed by atoms with Crippen molar-refractivity contribution < 1.29 is 23.0 Å². The lowest BCUT2D eigenvalue weighted by molar-refractivity contribution is -0.0195. The van der Waals surface area contributed by atoms with Gasteiger partial charge >= 0.3 is 0 Å². The van der Waals surface area contributed by atoms with E-state index in [4.69, 9.17) is 4.74 Å². The van der Waals surface area contributed by atoms with Crippen molar-refractivity contribution in [1.82, 2.24) is 0 Å². The molecule has 0 radical (unpaired) electrons. The van der Waals surface area contributed by atoms with Crippen molar-refractivity contribution in [3.63, 3.8) is 0 Å². The van der Waals surface area contributed by atoms with Gasteiger partial charge in [0.15, 0.2) is 17.5 Å². The van der Waals surface area contributed by atoms with Crippen molar-refractivity contribution in [1.29, 1.82) is 0 Å². The van der Waals surface area contributed by atoms with E-state index in [-0.39, 0.29) is 24.9 Å². The molecule has 21 heavy (non-hydrogen) atoms. The number of nitrogens with one attached hydrogen (secondary N) is 1. The van der Waals surface area contributed by atoms with E-state index in [9.17, 15) is 18.3 Å². The first-order valence-corrected chi connectivity index (χ1v) is 7.25. The molecule has 0 saturated heterocycles. The van der Waals surface area contributed by atoms with Crippen LogP contribution in [0.2, 0.25) is 0 Å². The van der Waals surface area contributed by atoms with Gasteiger partial charge in [0.1, 0.15) is 0 Å². The van der Waals surface area contributed by atoms with E-state index in [0.29, 0.717) is 0 Å². The Kier molecular flexibility index (Phi) is 5.87. The summed E-state index contributed by atoms with van der Waals surface area (Å²) in [5, 5.41) is 12.3. The van der Waals surface area contributed by atoms with E-state index in [0.717, 1.165) is 37.8 Å². The minimum Gasteiger partial charge on any atom is -0.389 e. The van der Waals surface area contributed by atoms with Crippen LogP contribution in [-0.4, -0.2) is 30.5 Å². The molecule has 1 aromatic carbocycles. The molecule has 2 rings (SSSR count). The quantitative estimate of drug-likeness (QED) is 0.793. The first kappa shape index (κ1) is 16.1. The molecule has 0 aromatic heterocycles. The van der Waals surface area contributed by atoms with Crippen LogP contribution in [0, 0.1) is 17.5 Å². The number of anilines is 1. The number of ether oxygens (including phenoxy) is 1. The third-order valence-corrected chi connectivity index (χ3v) is 3.64. The van der Waals surface area contributed by atoms with Crippen molar-refractivity contribution in [3.8, 4) is 0 Å². The van der Waals surface area contributed by atoms with E-state index in [1.54, 1.807) is 0 Å². The molecule has 118 valence electrons. The second kappa shape index (κ2) is 7.66. The van der Waals surface area contributed by atoms with Gasteiger partial charge in [0.25, 0.3) is 0 Å². The molecule has 1 atom stereocenters. The topological polar surface area (TPSA) is 41.5 Å². The first-order chi connectivity index (χ1) is 10.1. The van der Waals surface area contributed by atoms with Crippen LogP contribution in [0.25, 0.3) is 0 Å². The van der Waals surface area contributed by atoms with Crippen LogP contribution < -0.4 is 5.32 Å². The Morgan fingerprint density at radius 2 is 1.86 bits per heavy atom. The molecule has 0 aliphatic heterocycles. The minimum absolute atomic E-state index is 0.00864. The Hall–Kier alpha value is -1.27. The maximum absolute atomic E-state index is 13.4. The molecular weight excluding hydrogens is 283 g/mol. The SMILES string of the molecule is OC(CNc1ccc(F)c(F)c1F)COC1CCCCC1. The van der Waals surface area contributed by atoms with Gasteiger partial charge in [-0.15, -0.1) is 0 Å². The van der Waals surface area contributed by atoms with Crippen molar-refractivity contribution in [2.75, 3.05) is 18.5 Å². The van der Waals surface area contributed by atoms with Crippen LogP contribution >= 0.6 is 0 Å². The highest BCUT2D eigenvalue weighted by atomic mass is 19.2. The zero-order valence-corrected chi connectivity index (χ0v) is 11.7. The van der Waals surface area contributed by atoms with Crippen molar-refractivity contribution in [2.45, 2.75) is 44.3 Å². The number of rotatable bonds is 6. The van der Waals surface area contributed by atoms with Gasteiger partial charge in [-0.05, 0) is 25.0 Å². The Balaban J connectivity index is 1.75. The molecule has 0 spiro atoms. The summed E-state index contributed by atoms with van der Waals surface area (Å²) in [4.78, 5) is 0. The van der Waals surface area contributed by atoms with Gasteiger partial charge in [0, 0.05) is 6.54 Å². The summed E-state index contributed by atoms with van der Waals surface area (Å²) in [6, 6.07) is 1.94. The molecule has 1 aromatic rings. The predicted molar refractivity (Wildman–Crippen MR) is 73.6 cm³/mol. The van der Waals surface area contributed by atoms with Crippen LogP contribution in [-0.2, 0) is 4.74 Å². The smallest absolute Gasteiger partial charge is 0.196 e. The molecule has 1 saturated carbocycles. The Morgan fingerprint density at radius 3 is 2.57 bits per heavy atom. The van der Waals surface area contributed by atoms with Crippen LogP contribution in [0.3, 0.4) is 0 Å². The standard InChI is InChI=1S/C15H20F3NO2/c16-12-6-7-13(15(18)14(12)17)19-8-10(20)9-21-11-4-2-1-3-5-11/h6-7,10-11,19-20H,1-5,8-9H2. The number of hydrogen-bond acceptors (Lipinski definition) is 3. The Morgan fingerprint density at radius 1 is 1.14 bits per heavy atom. The normalized spacial score (nSPS) is 17.7. The average Bonchev–Trinajstić information content (AvgIpc) is 2.51. The highest BCUT2D eigenvalue weighted by Crippen LogP contribution is 2.21. The van der Waals surface area contributed by atoms with E-state index in [2.05, 4.69) is 5.32 Å². The van der Waals surface area contributed by atoms with Crippen LogP contribution in [0.5, 0.6) is 0 Å². The zero-order chi connectivity index (χ0) is 15.2. The Labute approximate surface area is 122 Å². The third kappa shape index (κ3) is 4.61. The molecule has 1 unspecified atom stereocenters. The lowest BCUT2D eigenvalue weighted by Crippen LogP contribution is -2.29. The van der Waals surface area contributed by atoms with Gasteiger partial charge in [-0.3, -0.25) is 0 Å². The molecular formula is C15H20F3NO2. The predicted octanol–water partition coefficient (Wildman–Crippen LogP) is 3.23. The minimum atomic E-state index is -1.52. The van der Waals surface area contributed by atoms with E-state index in [1.807, 2.05) is 0 Å². The van der Waals surface area contributed by atoms with Gasteiger partial charge in [-0.1, -0.05) is 19.3 Å². The number of aliphatic hydroxyl groups excluding tert-OH is 1. The number of aliphatic hydroxyl groups is 1. The highest BCUT2D eigenvalue weighted by molar-refractivity contribution is 5.45. The maximum atomic E-state index is 13.4. The fourth-order valence-electron chi connectivity index (χ4n) is 2.43. The summed E-state index contributed by atoms with van der Waals surface area (Å²) >= 11 is 0. The summed E-state index contributed by atoms with van der Waals surface area (Å²) in [5.74, 6) is -4.04. The molecule has 0 amide bonds. The molecule has 3 nitrogen and oxygen atoms in total. The van der Waals surface area contributed by atoms with E-state index >= 15 is 0 Å². The molecule has 1 aliphatic carbocycles. The van der Waals surface area contributed by atoms with Gasteiger partial charge in [-0.2, -0.15) is 0 Å². The number of hydrogen-bond donors (Lipinski definition) is 2. The highest BCUT2D eigenvalue weighted by Gasteiger charge is 2.17. The second-order valence-corrected chi connectivity index (χ2v) is 5.35. The number of halogens is 3. The summed E-state index contributed by atoms with van der Waals surface area (Å²) in [7, 11) is 0. The van der Waals surface area contributed by atoms with Crippen molar-refractivity contribution >= 4 is 5.69 Å². The monoisotopic (exact) mass is 303 g/mol. The fourth-order valence-corrected chi connectivity index (χ4v) is 2.43. The molecule has 2 N–H and O–H groups in total. The summed E-state index contributed by atoms with van der Waals surface area (Å²) in [5.41, 5.74) is -0.175. The first-order valence-electron chi connectivity index (χ1n) is 7.25. The van der Waals surface area contributed by atoms with Gasteiger partial charge < -0.3 is 15.2 Å². The molecule has 0 bridgehead atoms. The molecule has 1 fully saturated rings. The Bertz CT molecular complexity index is 464. The summed E-state index contributed by atoms with van der Waals surface area (Å²) < 4.78 is 44.8. The van der Waals surface area contributed by atoms with Gasteiger partial charge in [0.05, 0.1) is 24.5 Å². The largest absolute Gasteiger partial charge is 0.389 e. The second-order valence-electron chi connectivity index (χ2n) is 5.35. The van der Waals surface area contributed by atoms with E-state index in [1.165, 1.54) is 6.42 Å². The lowest BCUT2D eigenvalue weighted by Gasteiger charge is -2.23. The zero-order valence-electron chi connectivity index (χ0n) is 11.7. The summed E-state index contributed by atoms with van der Waals surface area (Å²) in [6.45, 7) is 0.150. The fraction of sp³-hybridized carbons (Fsp3) is 0.600.